The molecule has 0 aliphatic carbocycles. The molecule has 0 radical (unpaired) electrons. The van der Waals surface area contributed by atoms with E-state index in [2.05, 4.69) is 86.8 Å². The summed E-state index contributed by atoms with van der Waals surface area (Å²) in [6.07, 6.45) is 34.7. The SMILES string of the molecule is CC/C=C\C/C=C\C/C=C\C/C=C\C/C=C\C/C=C\CC(CC)CO. The van der Waals surface area contributed by atoms with Crippen molar-refractivity contribution in [2.75, 3.05) is 6.61 Å². The van der Waals surface area contributed by atoms with Crippen LogP contribution in [0.15, 0.2) is 72.9 Å². The van der Waals surface area contributed by atoms with E-state index in [1.165, 1.54) is 0 Å². The first-order chi connectivity index (χ1) is 12.3. The molecule has 0 aliphatic rings. The van der Waals surface area contributed by atoms with Crippen molar-refractivity contribution < 1.29 is 5.11 Å². The summed E-state index contributed by atoms with van der Waals surface area (Å²) in [7, 11) is 0. The van der Waals surface area contributed by atoms with Crippen LogP contribution in [-0.4, -0.2) is 11.7 Å². The van der Waals surface area contributed by atoms with Crippen molar-refractivity contribution in [1.29, 1.82) is 0 Å². The topological polar surface area (TPSA) is 20.2 Å². The highest BCUT2D eigenvalue weighted by molar-refractivity contribution is 5.01. The second-order valence-corrected chi connectivity index (χ2v) is 6.11. The van der Waals surface area contributed by atoms with Crippen LogP contribution in [-0.2, 0) is 0 Å². The molecule has 25 heavy (non-hydrogen) atoms. The van der Waals surface area contributed by atoms with Gasteiger partial charge < -0.3 is 5.11 Å². The molecule has 0 aromatic rings. The maximum Gasteiger partial charge on any atom is 0.0462 e. The highest BCUT2D eigenvalue weighted by Crippen LogP contribution is 2.07. The summed E-state index contributed by atoms with van der Waals surface area (Å²) in [5, 5.41) is 9.10. The lowest BCUT2D eigenvalue weighted by Crippen LogP contribution is -2.02. The zero-order chi connectivity index (χ0) is 18.4. The molecule has 0 bridgehead atoms. The van der Waals surface area contributed by atoms with E-state index in [4.69, 9.17) is 5.11 Å². The van der Waals surface area contributed by atoms with E-state index in [0.29, 0.717) is 12.5 Å². The van der Waals surface area contributed by atoms with Crippen LogP contribution in [0.5, 0.6) is 0 Å². The molecule has 1 atom stereocenters. The van der Waals surface area contributed by atoms with Crippen molar-refractivity contribution >= 4 is 0 Å². The zero-order valence-corrected chi connectivity index (χ0v) is 16.3. The fraction of sp³-hybridized carbons (Fsp3) is 0.500. The molecule has 0 amide bonds. The Bertz CT molecular complexity index is 431. The Balaban J connectivity index is 3.57. The van der Waals surface area contributed by atoms with Crippen LogP contribution in [0.4, 0.5) is 0 Å². The van der Waals surface area contributed by atoms with E-state index >= 15 is 0 Å². The minimum absolute atomic E-state index is 0.294. The molecule has 0 saturated carbocycles. The van der Waals surface area contributed by atoms with Crippen molar-refractivity contribution in [1.82, 2.24) is 0 Å². The molecule has 0 rings (SSSR count). The van der Waals surface area contributed by atoms with E-state index in [-0.39, 0.29) is 0 Å². The quantitative estimate of drug-likeness (QED) is 0.315. The van der Waals surface area contributed by atoms with Crippen LogP contribution >= 0.6 is 0 Å². The van der Waals surface area contributed by atoms with Gasteiger partial charge in [0.1, 0.15) is 0 Å². The summed E-state index contributed by atoms with van der Waals surface area (Å²) in [5.74, 6) is 0.421. The first-order valence-electron chi connectivity index (χ1n) is 9.85. The third-order valence-electron chi connectivity index (χ3n) is 3.90. The Hall–Kier alpha value is -1.60. The summed E-state index contributed by atoms with van der Waals surface area (Å²) in [4.78, 5) is 0. The van der Waals surface area contributed by atoms with E-state index in [1.807, 2.05) is 0 Å². The van der Waals surface area contributed by atoms with Gasteiger partial charge in [0.25, 0.3) is 0 Å². The normalized spacial score (nSPS) is 14.5. The maximum absolute atomic E-state index is 9.10. The monoisotopic (exact) mass is 342 g/mol. The van der Waals surface area contributed by atoms with Crippen LogP contribution in [0, 0.1) is 5.92 Å². The lowest BCUT2D eigenvalue weighted by Gasteiger charge is -2.06. The predicted molar refractivity (Wildman–Crippen MR) is 114 cm³/mol. The lowest BCUT2D eigenvalue weighted by atomic mass is 10.0. The molecule has 0 aromatic carbocycles. The van der Waals surface area contributed by atoms with Crippen molar-refractivity contribution in [3.8, 4) is 0 Å². The average molecular weight is 343 g/mol. The number of aliphatic hydroxyl groups excluding tert-OH is 1. The van der Waals surface area contributed by atoms with Crippen molar-refractivity contribution in [2.24, 2.45) is 5.92 Å². The van der Waals surface area contributed by atoms with Crippen LogP contribution in [0.1, 0.15) is 65.2 Å². The van der Waals surface area contributed by atoms with Gasteiger partial charge in [0, 0.05) is 6.61 Å². The molecule has 0 spiro atoms. The lowest BCUT2D eigenvalue weighted by molar-refractivity contribution is 0.224. The number of hydrogen-bond donors (Lipinski definition) is 1. The van der Waals surface area contributed by atoms with Crippen molar-refractivity contribution in [3.63, 3.8) is 0 Å². The summed E-state index contributed by atoms with van der Waals surface area (Å²) in [6.45, 7) is 4.58. The van der Waals surface area contributed by atoms with E-state index in [1.54, 1.807) is 0 Å². The van der Waals surface area contributed by atoms with Gasteiger partial charge in [0.2, 0.25) is 0 Å². The van der Waals surface area contributed by atoms with E-state index in [9.17, 15) is 0 Å². The first-order valence-corrected chi connectivity index (χ1v) is 9.85. The van der Waals surface area contributed by atoms with Gasteiger partial charge in [0.15, 0.2) is 0 Å². The third-order valence-corrected chi connectivity index (χ3v) is 3.90. The first kappa shape index (κ1) is 23.4. The Kier molecular flexibility index (Phi) is 19.1. The van der Waals surface area contributed by atoms with Crippen LogP contribution < -0.4 is 0 Å². The zero-order valence-electron chi connectivity index (χ0n) is 16.3. The molecular weight excluding hydrogens is 304 g/mol. The number of hydrogen-bond acceptors (Lipinski definition) is 1. The molecule has 140 valence electrons. The van der Waals surface area contributed by atoms with Gasteiger partial charge in [-0.05, 0) is 50.9 Å². The highest BCUT2D eigenvalue weighted by atomic mass is 16.3. The second-order valence-electron chi connectivity index (χ2n) is 6.11. The number of aliphatic hydroxyl groups is 1. The standard InChI is InChI=1S/C24H38O/c1-3-5-6-7-8-9-10-11-12-13-14-15-16-17-18-19-20-21-22-24(4-2)23-25/h5-6,8-9,11-12,14-15,17-18,20-21,24-25H,3-4,7,10,13,16,19,22-23H2,1-2H3/b6-5-,9-8-,12-11-,15-14-,18-17-,21-20-. The fourth-order valence-corrected chi connectivity index (χ4v) is 2.18. The fourth-order valence-electron chi connectivity index (χ4n) is 2.18. The van der Waals surface area contributed by atoms with E-state index < -0.39 is 0 Å². The minimum atomic E-state index is 0.294. The maximum atomic E-state index is 9.10. The summed E-state index contributed by atoms with van der Waals surface area (Å²) < 4.78 is 0. The highest BCUT2D eigenvalue weighted by Gasteiger charge is 1.99. The Morgan fingerprint density at radius 1 is 0.560 bits per heavy atom. The summed E-state index contributed by atoms with van der Waals surface area (Å²) >= 11 is 0. The molecule has 1 N–H and O–H groups in total. The van der Waals surface area contributed by atoms with Gasteiger partial charge in [-0.2, -0.15) is 0 Å². The van der Waals surface area contributed by atoms with Gasteiger partial charge >= 0.3 is 0 Å². The minimum Gasteiger partial charge on any atom is -0.396 e. The number of rotatable bonds is 15. The van der Waals surface area contributed by atoms with Crippen molar-refractivity contribution in [2.45, 2.75) is 65.2 Å². The summed E-state index contributed by atoms with van der Waals surface area (Å²) in [5.41, 5.74) is 0. The smallest absolute Gasteiger partial charge is 0.0462 e. The van der Waals surface area contributed by atoms with E-state index in [0.717, 1.165) is 51.4 Å². The van der Waals surface area contributed by atoms with Gasteiger partial charge in [-0.3, -0.25) is 0 Å². The van der Waals surface area contributed by atoms with Crippen LogP contribution in [0.2, 0.25) is 0 Å². The van der Waals surface area contributed by atoms with Gasteiger partial charge in [-0.1, -0.05) is 93.2 Å². The molecule has 0 fully saturated rings. The van der Waals surface area contributed by atoms with Gasteiger partial charge in [-0.25, -0.2) is 0 Å². The molecule has 1 heteroatoms. The Labute approximate surface area is 156 Å². The molecule has 0 aromatic heterocycles. The van der Waals surface area contributed by atoms with Crippen LogP contribution in [0.3, 0.4) is 0 Å². The molecule has 0 saturated heterocycles. The largest absolute Gasteiger partial charge is 0.396 e. The Morgan fingerprint density at radius 2 is 0.920 bits per heavy atom. The Morgan fingerprint density at radius 3 is 1.24 bits per heavy atom. The van der Waals surface area contributed by atoms with Crippen molar-refractivity contribution in [3.05, 3.63) is 72.9 Å². The molecule has 0 aliphatic heterocycles. The van der Waals surface area contributed by atoms with Gasteiger partial charge in [0.05, 0.1) is 0 Å². The van der Waals surface area contributed by atoms with Crippen LogP contribution in [0.25, 0.3) is 0 Å². The summed E-state index contributed by atoms with van der Waals surface area (Å²) in [6, 6.07) is 0. The second kappa shape index (κ2) is 20.4. The molecular formula is C24H38O. The average Bonchev–Trinajstić information content (AvgIpc) is 2.64. The third kappa shape index (κ3) is 18.6. The molecule has 0 heterocycles. The van der Waals surface area contributed by atoms with Gasteiger partial charge in [-0.15, -0.1) is 0 Å². The predicted octanol–water partition coefficient (Wildman–Crippen LogP) is 7.09. The number of allylic oxidation sites excluding steroid dienone is 12. The molecule has 1 unspecified atom stereocenters. The molecule has 1 nitrogen and oxygen atoms in total.